The van der Waals surface area contributed by atoms with Crippen molar-refractivity contribution in [1.82, 2.24) is 0 Å². The smallest absolute Gasteiger partial charge is 0.0401 e. The lowest BCUT2D eigenvalue weighted by Gasteiger charge is -1.89. The van der Waals surface area contributed by atoms with E-state index in [9.17, 15) is 0 Å². The van der Waals surface area contributed by atoms with Crippen molar-refractivity contribution in [2.45, 2.75) is 6.42 Å². The normalized spacial score (nSPS) is 11.5. The molecule has 0 aliphatic heterocycles. The van der Waals surface area contributed by atoms with Crippen molar-refractivity contribution >= 4 is 12.3 Å². The van der Waals surface area contributed by atoms with Crippen molar-refractivity contribution in [2.75, 3.05) is 13.1 Å². The van der Waals surface area contributed by atoms with Gasteiger partial charge in [-0.2, -0.15) is 0 Å². The molecule has 0 heterocycles. The predicted octanol–water partition coefficient (Wildman–Crippen LogP) is 2.12. The maximum atomic E-state index is 5.34. The van der Waals surface area contributed by atoms with Crippen LogP contribution in [0.3, 0.4) is 0 Å². The van der Waals surface area contributed by atoms with Crippen molar-refractivity contribution in [3.8, 4) is 0 Å². The summed E-state index contributed by atoms with van der Waals surface area (Å²) in [6.45, 7) is 1.52. The molecule has 1 aromatic carbocycles. The first-order chi connectivity index (χ1) is 6.93. The molecule has 1 aromatic rings. The standard InChI is InChI=1S/C12H16N2/c13-9-5-11-14-10-4-8-12-6-2-1-3-7-12/h1-4,6-8,10H,5,9,11,13H2/b8-4+,14-10+. The largest absolute Gasteiger partial charge is 0.330 e. The minimum absolute atomic E-state index is 0.708. The molecule has 0 atom stereocenters. The topological polar surface area (TPSA) is 38.4 Å². The third kappa shape index (κ3) is 4.58. The number of rotatable bonds is 5. The van der Waals surface area contributed by atoms with Crippen LogP contribution in [-0.4, -0.2) is 19.3 Å². The van der Waals surface area contributed by atoms with Crippen LogP contribution in [0.4, 0.5) is 0 Å². The minimum atomic E-state index is 0.708. The Morgan fingerprint density at radius 2 is 2.00 bits per heavy atom. The molecule has 0 amide bonds. The number of benzene rings is 1. The Kier molecular flexibility index (Phi) is 5.36. The molecule has 0 bridgehead atoms. The number of hydrogen-bond acceptors (Lipinski definition) is 2. The van der Waals surface area contributed by atoms with Crippen LogP contribution in [0, 0.1) is 0 Å². The summed E-state index contributed by atoms with van der Waals surface area (Å²) in [4.78, 5) is 4.18. The van der Waals surface area contributed by atoms with E-state index >= 15 is 0 Å². The fraction of sp³-hybridized carbons (Fsp3) is 0.250. The lowest BCUT2D eigenvalue weighted by atomic mass is 10.2. The van der Waals surface area contributed by atoms with Gasteiger partial charge in [0.05, 0.1) is 0 Å². The molecule has 0 aliphatic carbocycles. The van der Waals surface area contributed by atoms with E-state index in [1.165, 1.54) is 5.56 Å². The molecule has 14 heavy (non-hydrogen) atoms. The molecule has 2 nitrogen and oxygen atoms in total. The molecule has 2 heteroatoms. The molecule has 2 N–H and O–H groups in total. The first-order valence-corrected chi connectivity index (χ1v) is 4.85. The van der Waals surface area contributed by atoms with Crippen LogP contribution < -0.4 is 5.73 Å². The van der Waals surface area contributed by atoms with E-state index in [0.717, 1.165) is 13.0 Å². The second kappa shape index (κ2) is 7.04. The van der Waals surface area contributed by atoms with Gasteiger partial charge in [0.15, 0.2) is 0 Å². The molecule has 1 rings (SSSR count). The highest BCUT2D eigenvalue weighted by atomic mass is 14.7. The highest BCUT2D eigenvalue weighted by molar-refractivity contribution is 5.78. The van der Waals surface area contributed by atoms with Gasteiger partial charge in [0.1, 0.15) is 0 Å². The van der Waals surface area contributed by atoms with E-state index in [1.54, 1.807) is 0 Å². The Bertz CT molecular complexity index is 288. The van der Waals surface area contributed by atoms with Crippen molar-refractivity contribution in [3.63, 3.8) is 0 Å². The molecular formula is C12H16N2. The maximum absolute atomic E-state index is 5.34. The van der Waals surface area contributed by atoms with Crippen LogP contribution in [0.25, 0.3) is 6.08 Å². The Morgan fingerprint density at radius 3 is 2.71 bits per heavy atom. The van der Waals surface area contributed by atoms with E-state index in [-0.39, 0.29) is 0 Å². The fourth-order valence-corrected chi connectivity index (χ4v) is 1.04. The lowest BCUT2D eigenvalue weighted by Crippen LogP contribution is -1.99. The van der Waals surface area contributed by atoms with Gasteiger partial charge in [0.25, 0.3) is 0 Å². The van der Waals surface area contributed by atoms with E-state index < -0.39 is 0 Å². The van der Waals surface area contributed by atoms with Gasteiger partial charge in [-0.1, -0.05) is 36.4 Å². The average molecular weight is 188 g/mol. The number of nitrogens with two attached hydrogens (primary N) is 1. The number of allylic oxidation sites excluding steroid dienone is 1. The maximum Gasteiger partial charge on any atom is 0.0401 e. The Hall–Kier alpha value is -1.41. The van der Waals surface area contributed by atoms with Crippen LogP contribution in [0.15, 0.2) is 41.4 Å². The molecule has 0 saturated carbocycles. The van der Waals surface area contributed by atoms with Gasteiger partial charge < -0.3 is 5.73 Å². The van der Waals surface area contributed by atoms with Crippen molar-refractivity contribution < 1.29 is 0 Å². The molecule has 0 radical (unpaired) electrons. The highest BCUT2D eigenvalue weighted by Gasteiger charge is 1.80. The summed E-state index contributed by atoms with van der Waals surface area (Å²) in [5.41, 5.74) is 6.53. The van der Waals surface area contributed by atoms with Crippen LogP contribution in [-0.2, 0) is 0 Å². The van der Waals surface area contributed by atoms with E-state index in [2.05, 4.69) is 17.1 Å². The van der Waals surface area contributed by atoms with Gasteiger partial charge in [-0.15, -0.1) is 0 Å². The quantitative estimate of drug-likeness (QED) is 0.558. The van der Waals surface area contributed by atoms with E-state index in [0.29, 0.717) is 6.54 Å². The predicted molar refractivity (Wildman–Crippen MR) is 62.5 cm³/mol. The zero-order valence-electron chi connectivity index (χ0n) is 8.26. The van der Waals surface area contributed by atoms with E-state index in [4.69, 9.17) is 5.73 Å². The molecule has 0 aromatic heterocycles. The first-order valence-electron chi connectivity index (χ1n) is 4.85. The summed E-state index contributed by atoms with van der Waals surface area (Å²) >= 11 is 0. The Morgan fingerprint density at radius 1 is 1.21 bits per heavy atom. The van der Waals surface area contributed by atoms with Crippen LogP contribution in [0.5, 0.6) is 0 Å². The summed E-state index contributed by atoms with van der Waals surface area (Å²) < 4.78 is 0. The Balaban J connectivity index is 2.31. The van der Waals surface area contributed by atoms with Crippen molar-refractivity contribution in [2.24, 2.45) is 10.7 Å². The Labute approximate surface area is 85.2 Å². The number of aliphatic imine (C=N–C) groups is 1. The van der Waals surface area contributed by atoms with Gasteiger partial charge in [-0.25, -0.2) is 0 Å². The third-order valence-corrected chi connectivity index (χ3v) is 1.77. The summed E-state index contributed by atoms with van der Waals surface area (Å²) in [5, 5.41) is 0. The molecule has 74 valence electrons. The van der Waals surface area contributed by atoms with Gasteiger partial charge in [-0.05, 0) is 24.6 Å². The average Bonchev–Trinajstić information content (AvgIpc) is 2.25. The molecule has 0 saturated heterocycles. The SMILES string of the molecule is NCCC/N=C/C=C/c1ccccc1. The van der Waals surface area contributed by atoms with Crippen molar-refractivity contribution in [1.29, 1.82) is 0 Å². The third-order valence-electron chi connectivity index (χ3n) is 1.77. The summed E-state index contributed by atoms with van der Waals surface area (Å²) in [6.07, 6.45) is 6.76. The number of hydrogen-bond donors (Lipinski definition) is 1. The highest BCUT2D eigenvalue weighted by Crippen LogP contribution is 1.99. The van der Waals surface area contributed by atoms with Crippen LogP contribution in [0.2, 0.25) is 0 Å². The molecule has 0 unspecified atom stereocenters. The molecule has 0 spiro atoms. The first kappa shape index (κ1) is 10.7. The summed E-state index contributed by atoms with van der Waals surface area (Å²) in [6, 6.07) is 10.2. The summed E-state index contributed by atoms with van der Waals surface area (Å²) in [7, 11) is 0. The molecule has 0 aliphatic rings. The molecular weight excluding hydrogens is 172 g/mol. The zero-order valence-corrected chi connectivity index (χ0v) is 8.26. The van der Waals surface area contributed by atoms with Crippen LogP contribution >= 0.6 is 0 Å². The fourth-order valence-electron chi connectivity index (χ4n) is 1.04. The summed E-state index contributed by atoms with van der Waals surface area (Å²) in [5.74, 6) is 0. The zero-order chi connectivity index (χ0) is 10.1. The number of nitrogens with zero attached hydrogens (tertiary/aromatic N) is 1. The van der Waals surface area contributed by atoms with Gasteiger partial charge in [-0.3, -0.25) is 4.99 Å². The van der Waals surface area contributed by atoms with Gasteiger partial charge in [0, 0.05) is 12.8 Å². The monoisotopic (exact) mass is 188 g/mol. The van der Waals surface area contributed by atoms with Crippen molar-refractivity contribution in [3.05, 3.63) is 42.0 Å². The molecule has 0 fully saturated rings. The second-order valence-corrected chi connectivity index (χ2v) is 2.97. The second-order valence-electron chi connectivity index (χ2n) is 2.97. The van der Waals surface area contributed by atoms with Gasteiger partial charge in [0.2, 0.25) is 0 Å². The van der Waals surface area contributed by atoms with Crippen LogP contribution in [0.1, 0.15) is 12.0 Å². The lowest BCUT2D eigenvalue weighted by molar-refractivity contribution is 0.848. The van der Waals surface area contributed by atoms with Gasteiger partial charge >= 0.3 is 0 Å². The minimum Gasteiger partial charge on any atom is -0.330 e. The van der Waals surface area contributed by atoms with E-state index in [1.807, 2.05) is 36.6 Å².